The van der Waals surface area contributed by atoms with Gasteiger partial charge in [-0.2, -0.15) is 0 Å². The van der Waals surface area contributed by atoms with E-state index in [0.29, 0.717) is 6.54 Å². The van der Waals surface area contributed by atoms with E-state index in [1.807, 2.05) is 54.4 Å². The molecule has 1 aromatic heterocycles. The fourth-order valence-electron chi connectivity index (χ4n) is 3.97. The van der Waals surface area contributed by atoms with E-state index in [-0.39, 0.29) is 28.2 Å². The molecule has 0 N–H and O–H groups in total. The number of hydrogen-bond acceptors (Lipinski definition) is 3. The zero-order valence-corrected chi connectivity index (χ0v) is 16.7. The zero-order chi connectivity index (χ0) is 20.5. The predicted molar refractivity (Wildman–Crippen MR) is 111 cm³/mol. The summed E-state index contributed by atoms with van der Waals surface area (Å²) in [6, 6.07) is 16.0. The van der Waals surface area contributed by atoms with Gasteiger partial charge in [0.25, 0.3) is 11.6 Å². The SMILES string of the molecule is Cc1ccccc1C1c2cccn2CCCN1C(=O)c1ccc(Cl)c([N+](=O)[O-])c1. The molecule has 0 aliphatic carbocycles. The lowest BCUT2D eigenvalue weighted by molar-refractivity contribution is -0.384. The number of halogens is 1. The van der Waals surface area contributed by atoms with E-state index in [1.54, 1.807) is 6.07 Å². The average Bonchev–Trinajstić information content (AvgIpc) is 3.09. The summed E-state index contributed by atoms with van der Waals surface area (Å²) in [5.41, 5.74) is 3.18. The molecule has 148 valence electrons. The Bertz CT molecular complexity index is 1090. The van der Waals surface area contributed by atoms with Crippen molar-refractivity contribution < 1.29 is 9.72 Å². The molecule has 0 fully saturated rings. The summed E-state index contributed by atoms with van der Waals surface area (Å²) in [7, 11) is 0. The standard InChI is InChI=1S/C22H20ClN3O3/c1-15-6-2-3-7-17(15)21-19-8-4-11-24(19)12-5-13-25(21)22(27)16-9-10-18(23)20(14-16)26(28)29/h2-4,6-11,14,21H,5,12-13H2,1H3. The van der Waals surface area contributed by atoms with E-state index in [2.05, 4.69) is 4.57 Å². The van der Waals surface area contributed by atoms with Crippen LogP contribution in [0.4, 0.5) is 5.69 Å². The van der Waals surface area contributed by atoms with Gasteiger partial charge < -0.3 is 9.47 Å². The average molecular weight is 410 g/mol. The van der Waals surface area contributed by atoms with Crippen molar-refractivity contribution in [1.29, 1.82) is 0 Å². The van der Waals surface area contributed by atoms with Gasteiger partial charge >= 0.3 is 0 Å². The molecule has 1 amide bonds. The molecule has 29 heavy (non-hydrogen) atoms. The van der Waals surface area contributed by atoms with Gasteiger partial charge in [-0.1, -0.05) is 35.9 Å². The van der Waals surface area contributed by atoms with Gasteiger partial charge in [0.2, 0.25) is 0 Å². The lowest BCUT2D eigenvalue weighted by atomic mass is 9.96. The third kappa shape index (κ3) is 3.51. The molecule has 0 bridgehead atoms. The molecule has 1 unspecified atom stereocenters. The molecule has 0 saturated carbocycles. The summed E-state index contributed by atoms with van der Waals surface area (Å²) in [6.45, 7) is 3.40. The van der Waals surface area contributed by atoms with Gasteiger partial charge in [0, 0.05) is 36.6 Å². The Morgan fingerprint density at radius 2 is 1.93 bits per heavy atom. The Hall–Kier alpha value is -3.12. The van der Waals surface area contributed by atoms with E-state index >= 15 is 0 Å². The lowest BCUT2D eigenvalue weighted by Gasteiger charge is -2.31. The minimum absolute atomic E-state index is 0.0201. The maximum atomic E-state index is 13.5. The first-order chi connectivity index (χ1) is 14.0. The van der Waals surface area contributed by atoms with Crippen molar-refractivity contribution in [3.05, 3.63) is 98.3 Å². The number of benzene rings is 2. The molecule has 4 rings (SSSR count). The summed E-state index contributed by atoms with van der Waals surface area (Å²) in [6.07, 6.45) is 2.83. The van der Waals surface area contributed by atoms with Crippen LogP contribution in [-0.4, -0.2) is 26.8 Å². The number of nitrogens with zero attached hydrogens (tertiary/aromatic N) is 3. The maximum absolute atomic E-state index is 13.5. The van der Waals surface area contributed by atoms with Crippen LogP contribution in [0.5, 0.6) is 0 Å². The monoisotopic (exact) mass is 409 g/mol. The van der Waals surface area contributed by atoms with Crippen LogP contribution in [0.25, 0.3) is 0 Å². The molecule has 1 atom stereocenters. The molecule has 7 heteroatoms. The van der Waals surface area contributed by atoms with Crippen LogP contribution in [0.3, 0.4) is 0 Å². The minimum Gasteiger partial charge on any atom is -0.349 e. The lowest BCUT2D eigenvalue weighted by Crippen LogP contribution is -2.36. The van der Waals surface area contributed by atoms with E-state index < -0.39 is 4.92 Å². The molecule has 2 aromatic carbocycles. The highest BCUT2D eigenvalue weighted by molar-refractivity contribution is 6.32. The van der Waals surface area contributed by atoms with Crippen LogP contribution >= 0.6 is 11.6 Å². The third-order valence-corrected chi connectivity index (χ3v) is 5.71. The summed E-state index contributed by atoms with van der Waals surface area (Å²) >= 11 is 5.94. The number of nitro groups is 1. The molecule has 0 spiro atoms. The van der Waals surface area contributed by atoms with E-state index in [4.69, 9.17) is 11.6 Å². The number of fused-ring (bicyclic) bond motifs is 1. The van der Waals surface area contributed by atoms with Crippen molar-refractivity contribution in [3.63, 3.8) is 0 Å². The van der Waals surface area contributed by atoms with E-state index in [0.717, 1.165) is 29.8 Å². The Labute approximate surface area is 173 Å². The van der Waals surface area contributed by atoms with Crippen LogP contribution in [-0.2, 0) is 6.54 Å². The second-order valence-electron chi connectivity index (χ2n) is 7.16. The number of nitro benzene ring substituents is 1. The normalized spacial score (nSPS) is 16.2. The first kappa shape index (κ1) is 19.2. The highest BCUT2D eigenvalue weighted by Gasteiger charge is 2.32. The van der Waals surface area contributed by atoms with Gasteiger partial charge in [-0.05, 0) is 48.7 Å². The molecule has 3 aromatic rings. The smallest absolute Gasteiger partial charge is 0.288 e. The van der Waals surface area contributed by atoms with Gasteiger partial charge in [0.05, 0.1) is 11.0 Å². The summed E-state index contributed by atoms with van der Waals surface area (Å²) in [5, 5.41) is 11.3. The van der Waals surface area contributed by atoms with Crippen LogP contribution in [0.15, 0.2) is 60.8 Å². The highest BCUT2D eigenvalue weighted by Crippen LogP contribution is 2.35. The molecule has 6 nitrogen and oxygen atoms in total. The van der Waals surface area contributed by atoms with Gasteiger partial charge in [-0.3, -0.25) is 14.9 Å². The van der Waals surface area contributed by atoms with Crippen LogP contribution in [0, 0.1) is 17.0 Å². The zero-order valence-electron chi connectivity index (χ0n) is 15.9. The molecular formula is C22H20ClN3O3. The fraction of sp³-hybridized carbons (Fsp3) is 0.227. The second-order valence-corrected chi connectivity index (χ2v) is 7.57. The number of carbonyl (C=O) groups is 1. The molecular weight excluding hydrogens is 390 g/mol. The number of hydrogen-bond donors (Lipinski definition) is 0. The van der Waals surface area contributed by atoms with Crippen molar-refractivity contribution in [2.75, 3.05) is 6.54 Å². The first-order valence-corrected chi connectivity index (χ1v) is 9.80. The summed E-state index contributed by atoms with van der Waals surface area (Å²) in [5.74, 6) is -0.243. The summed E-state index contributed by atoms with van der Waals surface area (Å²) < 4.78 is 2.18. The molecule has 1 aliphatic rings. The Kier molecular flexibility index (Phi) is 5.11. The molecule has 1 aliphatic heterocycles. The molecule has 0 saturated heterocycles. The van der Waals surface area contributed by atoms with Crippen LogP contribution < -0.4 is 0 Å². The van der Waals surface area contributed by atoms with Crippen molar-refractivity contribution in [2.24, 2.45) is 0 Å². The topological polar surface area (TPSA) is 68.4 Å². The largest absolute Gasteiger partial charge is 0.349 e. The van der Waals surface area contributed by atoms with Gasteiger partial charge in [0.15, 0.2) is 0 Å². The van der Waals surface area contributed by atoms with Gasteiger partial charge in [-0.25, -0.2) is 0 Å². The quantitative estimate of drug-likeness (QED) is 0.452. The highest BCUT2D eigenvalue weighted by atomic mass is 35.5. The van der Waals surface area contributed by atoms with Crippen molar-refractivity contribution in [1.82, 2.24) is 9.47 Å². The first-order valence-electron chi connectivity index (χ1n) is 9.43. The minimum atomic E-state index is -0.564. The van der Waals surface area contributed by atoms with Crippen molar-refractivity contribution >= 4 is 23.2 Å². The fourth-order valence-corrected chi connectivity index (χ4v) is 4.16. The number of rotatable bonds is 3. The van der Waals surface area contributed by atoms with Crippen molar-refractivity contribution in [2.45, 2.75) is 25.9 Å². The number of aromatic nitrogens is 1. The van der Waals surface area contributed by atoms with E-state index in [9.17, 15) is 14.9 Å². The molecule has 2 heterocycles. The Morgan fingerprint density at radius 3 is 2.69 bits per heavy atom. The van der Waals surface area contributed by atoms with Gasteiger partial charge in [0.1, 0.15) is 5.02 Å². The Balaban J connectivity index is 1.83. The predicted octanol–water partition coefficient (Wildman–Crippen LogP) is 4.99. The van der Waals surface area contributed by atoms with Crippen LogP contribution in [0.1, 0.15) is 39.6 Å². The maximum Gasteiger partial charge on any atom is 0.288 e. The number of aryl methyl sites for hydroxylation is 2. The van der Waals surface area contributed by atoms with Crippen LogP contribution in [0.2, 0.25) is 5.02 Å². The number of carbonyl (C=O) groups excluding carboxylic acids is 1. The number of amides is 1. The summed E-state index contributed by atoms with van der Waals surface area (Å²) in [4.78, 5) is 26.0. The van der Waals surface area contributed by atoms with Gasteiger partial charge in [-0.15, -0.1) is 0 Å². The molecule has 0 radical (unpaired) electrons. The van der Waals surface area contributed by atoms with Crippen molar-refractivity contribution in [3.8, 4) is 0 Å². The third-order valence-electron chi connectivity index (χ3n) is 5.39. The van der Waals surface area contributed by atoms with E-state index in [1.165, 1.54) is 12.1 Å². The Morgan fingerprint density at radius 1 is 1.14 bits per heavy atom. The second kappa shape index (κ2) is 7.72.